The third-order valence-corrected chi connectivity index (χ3v) is 5.60. The molecule has 0 saturated heterocycles. The van der Waals surface area contributed by atoms with Gasteiger partial charge in [0.25, 0.3) is 17.5 Å². The lowest BCUT2D eigenvalue weighted by Crippen LogP contribution is -2.49. The number of hydrogen-bond acceptors (Lipinski definition) is 8. The van der Waals surface area contributed by atoms with Crippen LogP contribution in [0.5, 0.6) is 17.2 Å². The van der Waals surface area contributed by atoms with Crippen molar-refractivity contribution in [3.8, 4) is 17.2 Å². The van der Waals surface area contributed by atoms with Crippen molar-refractivity contribution in [2.24, 2.45) is 11.0 Å². The molecule has 0 radical (unpaired) electrons. The van der Waals surface area contributed by atoms with Crippen LogP contribution in [-0.4, -0.2) is 48.8 Å². The minimum Gasteiger partial charge on any atom is -0.493 e. The number of nitrogens with zero attached hydrogens (tertiary/aromatic N) is 2. The number of rotatable bonds is 13. The molecule has 11 nitrogen and oxygen atoms in total. The first-order valence-corrected chi connectivity index (χ1v) is 12.5. The van der Waals surface area contributed by atoms with E-state index in [0.717, 1.165) is 0 Å². The van der Waals surface area contributed by atoms with Crippen LogP contribution in [0.3, 0.4) is 0 Å². The maximum atomic E-state index is 12.9. The molecule has 2 aromatic carbocycles. The Balaban J connectivity index is 2.17. The number of hydrazone groups is 1. The first kappa shape index (κ1) is 30.7. The Kier molecular flexibility index (Phi) is 11.6. The summed E-state index contributed by atoms with van der Waals surface area (Å²) in [6, 6.07) is 6.16. The van der Waals surface area contributed by atoms with Gasteiger partial charge in [0.2, 0.25) is 0 Å². The lowest BCUT2D eigenvalue weighted by Gasteiger charge is -2.22. The summed E-state index contributed by atoms with van der Waals surface area (Å²) >= 11 is 12.0. The highest BCUT2D eigenvalue weighted by atomic mass is 35.5. The molecule has 0 aliphatic carbocycles. The fraction of sp³-hybridized carbons (Fsp3) is 0.400. The molecule has 0 spiro atoms. The number of hydrogen-bond donors (Lipinski definition) is 2. The van der Waals surface area contributed by atoms with Crippen LogP contribution in [0.2, 0.25) is 10.0 Å². The van der Waals surface area contributed by atoms with Crippen LogP contribution >= 0.6 is 23.2 Å². The fourth-order valence-corrected chi connectivity index (χ4v) is 3.76. The van der Waals surface area contributed by atoms with Gasteiger partial charge in [0, 0.05) is 16.7 Å². The molecule has 2 rings (SSSR count). The van der Waals surface area contributed by atoms with E-state index in [1.807, 2.05) is 13.8 Å². The second kappa shape index (κ2) is 14.4. The zero-order chi connectivity index (χ0) is 28.4. The summed E-state index contributed by atoms with van der Waals surface area (Å²) in [6.07, 6.45) is 0.558. The predicted octanol–water partition coefficient (Wildman–Crippen LogP) is 4.76. The van der Waals surface area contributed by atoms with Crippen LogP contribution in [0.25, 0.3) is 0 Å². The van der Waals surface area contributed by atoms with E-state index in [1.165, 1.54) is 38.4 Å². The topological polar surface area (TPSA) is 141 Å². The molecule has 0 heterocycles. The average Bonchev–Trinajstić information content (AvgIpc) is 2.85. The van der Waals surface area contributed by atoms with Gasteiger partial charge in [-0.3, -0.25) is 19.7 Å². The van der Waals surface area contributed by atoms with Gasteiger partial charge < -0.3 is 19.5 Å². The second-order valence-electron chi connectivity index (χ2n) is 8.52. The summed E-state index contributed by atoms with van der Waals surface area (Å²) in [5.41, 5.74) is 2.36. The Morgan fingerprint density at radius 3 is 2.42 bits per heavy atom. The number of nitro benzene ring substituents is 1. The van der Waals surface area contributed by atoms with Gasteiger partial charge >= 0.3 is 0 Å². The van der Waals surface area contributed by atoms with Crippen molar-refractivity contribution in [1.29, 1.82) is 0 Å². The highest BCUT2D eigenvalue weighted by Crippen LogP contribution is 2.35. The molecular formula is C25H30Cl2N4O7. The Morgan fingerprint density at radius 1 is 1.13 bits per heavy atom. The SMILES string of the molecule is CCOc1c(/C=N\NC(=O)[C@H](CC(C)C)NC(=O)[C@@H](C)Oc2ccc(Cl)cc2Cl)cc([N+](=O)[O-])cc1OC. The number of carbonyl (C=O) groups is 2. The van der Waals surface area contributed by atoms with E-state index in [4.69, 9.17) is 37.4 Å². The quantitative estimate of drug-likeness (QED) is 0.201. The monoisotopic (exact) mass is 568 g/mol. The van der Waals surface area contributed by atoms with Crippen LogP contribution in [0.15, 0.2) is 35.4 Å². The van der Waals surface area contributed by atoms with Crippen LogP contribution in [0.4, 0.5) is 5.69 Å². The molecule has 0 aromatic heterocycles. The summed E-state index contributed by atoms with van der Waals surface area (Å²) in [6.45, 7) is 7.33. The second-order valence-corrected chi connectivity index (χ2v) is 9.36. The van der Waals surface area contributed by atoms with Gasteiger partial charge in [-0.2, -0.15) is 5.10 Å². The minimum absolute atomic E-state index is 0.0579. The molecule has 2 aromatic rings. The van der Waals surface area contributed by atoms with Crippen molar-refractivity contribution >= 4 is 46.9 Å². The number of benzene rings is 2. The molecular weight excluding hydrogens is 539 g/mol. The molecule has 2 atom stereocenters. The van der Waals surface area contributed by atoms with Gasteiger partial charge in [0.15, 0.2) is 17.6 Å². The third-order valence-electron chi connectivity index (χ3n) is 5.07. The zero-order valence-electron chi connectivity index (χ0n) is 21.6. The van der Waals surface area contributed by atoms with Gasteiger partial charge in [0.1, 0.15) is 11.8 Å². The van der Waals surface area contributed by atoms with Gasteiger partial charge in [-0.15, -0.1) is 0 Å². The molecule has 2 N–H and O–H groups in total. The number of amides is 2. The molecule has 0 bridgehead atoms. The van der Waals surface area contributed by atoms with Crippen molar-refractivity contribution in [1.82, 2.24) is 10.7 Å². The number of methoxy groups -OCH3 is 1. The molecule has 0 saturated carbocycles. The lowest BCUT2D eigenvalue weighted by molar-refractivity contribution is -0.385. The molecule has 0 fully saturated rings. The lowest BCUT2D eigenvalue weighted by atomic mass is 10.0. The van der Waals surface area contributed by atoms with E-state index in [-0.39, 0.29) is 46.0 Å². The predicted molar refractivity (Wildman–Crippen MR) is 144 cm³/mol. The Morgan fingerprint density at radius 2 is 1.84 bits per heavy atom. The number of non-ortho nitro benzene ring substituents is 1. The van der Waals surface area contributed by atoms with Crippen molar-refractivity contribution in [2.75, 3.05) is 13.7 Å². The minimum atomic E-state index is -0.967. The molecule has 0 aliphatic heterocycles. The average molecular weight is 569 g/mol. The van der Waals surface area contributed by atoms with E-state index in [1.54, 1.807) is 19.1 Å². The van der Waals surface area contributed by atoms with Crippen LogP contribution in [0.1, 0.15) is 39.7 Å². The fourth-order valence-electron chi connectivity index (χ4n) is 3.31. The standard InChI is InChI=1S/C25H30Cl2N4O7/c1-6-37-23-16(10-18(31(34)35)12-22(23)36-5)13-28-30-25(33)20(9-14(2)3)29-24(32)15(4)38-21-8-7-17(26)11-19(21)27/h7-8,10-15,20H,6,9H2,1-5H3,(H,29,32)(H,30,33)/b28-13-/t15-,20+/m1/s1. The Bertz CT molecular complexity index is 1190. The van der Waals surface area contributed by atoms with Crippen molar-refractivity contribution in [3.05, 3.63) is 56.1 Å². The van der Waals surface area contributed by atoms with Gasteiger partial charge in [-0.05, 0) is 44.4 Å². The summed E-state index contributed by atoms with van der Waals surface area (Å²) in [5.74, 6) is -0.419. The maximum absolute atomic E-state index is 12.9. The van der Waals surface area contributed by atoms with Crippen molar-refractivity contribution < 1.29 is 28.7 Å². The highest BCUT2D eigenvalue weighted by Gasteiger charge is 2.26. The third kappa shape index (κ3) is 8.77. The summed E-state index contributed by atoms with van der Waals surface area (Å²) in [4.78, 5) is 36.4. The normalized spacial score (nSPS) is 12.6. The zero-order valence-corrected chi connectivity index (χ0v) is 23.1. The van der Waals surface area contributed by atoms with Crippen LogP contribution < -0.4 is 25.0 Å². The number of ether oxygens (including phenoxy) is 3. The number of nitrogens with one attached hydrogen (secondary N) is 2. The number of nitro groups is 1. The van der Waals surface area contributed by atoms with E-state index in [0.29, 0.717) is 11.4 Å². The largest absolute Gasteiger partial charge is 0.493 e. The number of halogens is 2. The molecule has 13 heteroatoms. The first-order chi connectivity index (χ1) is 18.0. The Hall–Kier alpha value is -3.57. The molecule has 0 unspecified atom stereocenters. The molecule has 38 heavy (non-hydrogen) atoms. The van der Waals surface area contributed by atoms with E-state index >= 15 is 0 Å². The van der Waals surface area contributed by atoms with Gasteiger partial charge in [-0.25, -0.2) is 5.43 Å². The molecule has 2 amide bonds. The van der Waals surface area contributed by atoms with Crippen LogP contribution in [0, 0.1) is 16.0 Å². The Labute approximate surface area is 230 Å². The van der Waals surface area contributed by atoms with E-state index < -0.39 is 28.9 Å². The summed E-state index contributed by atoms with van der Waals surface area (Å²) < 4.78 is 16.4. The first-order valence-electron chi connectivity index (χ1n) is 11.7. The summed E-state index contributed by atoms with van der Waals surface area (Å²) in [7, 11) is 1.36. The molecule has 206 valence electrons. The molecule has 0 aliphatic rings. The van der Waals surface area contributed by atoms with Gasteiger partial charge in [0.05, 0.1) is 35.9 Å². The summed E-state index contributed by atoms with van der Waals surface area (Å²) in [5, 5.41) is 18.6. The van der Waals surface area contributed by atoms with Gasteiger partial charge in [-0.1, -0.05) is 37.0 Å². The smallest absolute Gasteiger partial charge is 0.274 e. The van der Waals surface area contributed by atoms with Crippen molar-refractivity contribution in [3.63, 3.8) is 0 Å². The van der Waals surface area contributed by atoms with Crippen LogP contribution in [-0.2, 0) is 9.59 Å². The van der Waals surface area contributed by atoms with E-state index in [2.05, 4.69) is 15.8 Å². The maximum Gasteiger partial charge on any atom is 0.274 e. The number of carbonyl (C=O) groups excluding carboxylic acids is 2. The van der Waals surface area contributed by atoms with E-state index in [9.17, 15) is 19.7 Å². The highest BCUT2D eigenvalue weighted by molar-refractivity contribution is 6.35. The van der Waals surface area contributed by atoms with Crippen molar-refractivity contribution in [2.45, 2.75) is 46.3 Å².